The first-order valence-electron chi connectivity index (χ1n) is 5.84. The lowest BCUT2D eigenvalue weighted by molar-refractivity contribution is -0.137. The lowest BCUT2D eigenvalue weighted by Gasteiger charge is -2.07. The zero-order valence-electron chi connectivity index (χ0n) is 10.3. The van der Waals surface area contributed by atoms with Gasteiger partial charge in [0.25, 0.3) is 0 Å². The SMILES string of the molecule is N#Cc1cccc(CNC(=O)NCCCC(=O)O)c1. The van der Waals surface area contributed by atoms with Crippen LogP contribution in [0.5, 0.6) is 0 Å². The number of benzene rings is 1. The van der Waals surface area contributed by atoms with Gasteiger partial charge in [-0.2, -0.15) is 5.26 Å². The van der Waals surface area contributed by atoms with Crippen LogP contribution < -0.4 is 10.6 Å². The lowest BCUT2D eigenvalue weighted by atomic mass is 10.1. The molecule has 1 aromatic carbocycles. The lowest BCUT2D eigenvalue weighted by Crippen LogP contribution is -2.35. The first-order chi connectivity index (χ1) is 9.11. The largest absolute Gasteiger partial charge is 0.481 e. The van der Waals surface area contributed by atoms with Crippen LogP contribution in [0.4, 0.5) is 4.79 Å². The Bertz CT molecular complexity index is 494. The smallest absolute Gasteiger partial charge is 0.315 e. The average Bonchev–Trinajstić information content (AvgIpc) is 2.41. The Kier molecular flexibility index (Phi) is 5.89. The molecule has 2 amide bonds. The molecule has 6 nitrogen and oxygen atoms in total. The summed E-state index contributed by atoms with van der Waals surface area (Å²) in [6.07, 6.45) is 0.428. The predicted octanol–water partition coefficient (Wildman–Crippen LogP) is 1.22. The Morgan fingerprint density at radius 2 is 2.11 bits per heavy atom. The standard InChI is InChI=1S/C13H15N3O3/c14-8-10-3-1-4-11(7-10)9-16-13(19)15-6-2-5-12(17)18/h1,3-4,7H,2,5-6,9H2,(H,17,18)(H2,15,16,19). The first kappa shape index (κ1) is 14.5. The second kappa shape index (κ2) is 7.71. The number of nitriles is 1. The summed E-state index contributed by atoms with van der Waals surface area (Å²) < 4.78 is 0. The van der Waals surface area contributed by atoms with E-state index in [1.54, 1.807) is 18.2 Å². The minimum Gasteiger partial charge on any atom is -0.481 e. The molecule has 0 aliphatic rings. The topological polar surface area (TPSA) is 102 Å². The van der Waals surface area contributed by atoms with Gasteiger partial charge in [-0.15, -0.1) is 0 Å². The van der Waals surface area contributed by atoms with Gasteiger partial charge in [-0.05, 0) is 24.1 Å². The van der Waals surface area contributed by atoms with Gasteiger partial charge in [-0.3, -0.25) is 4.79 Å². The third-order valence-electron chi connectivity index (χ3n) is 2.36. The molecule has 6 heteroatoms. The summed E-state index contributed by atoms with van der Waals surface area (Å²) in [5.41, 5.74) is 1.38. The summed E-state index contributed by atoms with van der Waals surface area (Å²) in [4.78, 5) is 21.6. The highest BCUT2D eigenvalue weighted by atomic mass is 16.4. The van der Waals surface area contributed by atoms with Crippen LogP contribution >= 0.6 is 0 Å². The monoisotopic (exact) mass is 261 g/mol. The molecule has 0 aliphatic carbocycles. The molecule has 0 aliphatic heterocycles. The van der Waals surface area contributed by atoms with E-state index in [0.717, 1.165) is 5.56 Å². The first-order valence-corrected chi connectivity index (χ1v) is 5.84. The van der Waals surface area contributed by atoms with Crippen molar-refractivity contribution in [2.24, 2.45) is 0 Å². The summed E-state index contributed by atoms with van der Waals surface area (Å²) in [7, 11) is 0. The van der Waals surface area contributed by atoms with Crippen LogP contribution in [0.15, 0.2) is 24.3 Å². The summed E-state index contributed by atoms with van der Waals surface area (Å²) in [6, 6.07) is 8.62. The fourth-order valence-corrected chi connectivity index (χ4v) is 1.44. The normalized spacial score (nSPS) is 9.42. The highest BCUT2D eigenvalue weighted by Gasteiger charge is 2.02. The Morgan fingerprint density at radius 1 is 1.32 bits per heavy atom. The van der Waals surface area contributed by atoms with Crippen LogP contribution in [-0.4, -0.2) is 23.7 Å². The molecule has 100 valence electrons. The summed E-state index contributed by atoms with van der Waals surface area (Å²) in [6.45, 7) is 0.636. The fourth-order valence-electron chi connectivity index (χ4n) is 1.44. The number of carboxylic acid groups (broad SMARTS) is 1. The van der Waals surface area contributed by atoms with Crippen LogP contribution in [0, 0.1) is 11.3 Å². The van der Waals surface area contributed by atoms with Gasteiger partial charge in [0.15, 0.2) is 0 Å². The van der Waals surface area contributed by atoms with Crippen molar-refractivity contribution < 1.29 is 14.7 Å². The van der Waals surface area contributed by atoms with Gasteiger partial charge >= 0.3 is 12.0 Å². The Balaban J connectivity index is 2.26. The number of amides is 2. The minimum atomic E-state index is -0.879. The van der Waals surface area contributed by atoms with Crippen molar-refractivity contribution in [2.45, 2.75) is 19.4 Å². The molecule has 1 aromatic rings. The van der Waals surface area contributed by atoms with E-state index in [4.69, 9.17) is 10.4 Å². The summed E-state index contributed by atoms with van der Waals surface area (Å²) in [5, 5.41) is 22.3. The Hall–Kier alpha value is -2.55. The van der Waals surface area contributed by atoms with Crippen molar-refractivity contribution >= 4 is 12.0 Å². The number of carboxylic acids is 1. The van der Waals surface area contributed by atoms with Crippen LogP contribution in [0.1, 0.15) is 24.0 Å². The number of aliphatic carboxylic acids is 1. The number of carbonyl (C=O) groups excluding carboxylic acids is 1. The minimum absolute atomic E-state index is 0.0322. The van der Waals surface area contributed by atoms with Gasteiger partial charge in [0.2, 0.25) is 0 Å². The van der Waals surface area contributed by atoms with Gasteiger partial charge in [0, 0.05) is 19.5 Å². The van der Waals surface area contributed by atoms with E-state index in [1.807, 2.05) is 12.1 Å². The molecule has 0 spiro atoms. The molecule has 0 aromatic heterocycles. The Labute approximate surface area is 111 Å². The second-order valence-electron chi connectivity index (χ2n) is 3.92. The maximum Gasteiger partial charge on any atom is 0.315 e. The van der Waals surface area contributed by atoms with Crippen LogP contribution in [0.3, 0.4) is 0 Å². The van der Waals surface area contributed by atoms with Crippen molar-refractivity contribution in [3.63, 3.8) is 0 Å². The van der Waals surface area contributed by atoms with E-state index in [-0.39, 0.29) is 12.5 Å². The van der Waals surface area contributed by atoms with Gasteiger partial charge in [0.05, 0.1) is 11.6 Å². The zero-order valence-corrected chi connectivity index (χ0v) is 10.3. The molecule has 0 heterocycles. The molecule has 1 rings (SSSR count). The van der Waals surface area contributed by atoms with E-state index in [2.05, 4.69) is 10.6 Å². The number of nitrogens with one attached hydrogen (secondary N) is 2. The number of hydrogen-bond acceptors (Lipinski definition) is 3. The fraction of sp³-hybridized carbons (Fsp3) is 0.308. The van der Waals surface area contributed by atoms with Crippen molar-refractivity contribution in [1.82, 2.24) is 10.6 Å². The van der Waals surface area contributed by atoms with Crippen LogP contribution in [0.25, 0.3) is 0 Å². The molecule has 0 radical (unpaired) electrons. The van der Waals surface area contributed by atoms with Crippen molar-refractivity contribution in [3.05, 3.63) is 35.4 Å². The molecule has 0 saturated heterocycles. The maximum absolute atomic E-state index is 11.4. The molecule has 3 N–H and O–H groups in total. The number of rotatable bonds is 6. The predicted molar refractivity (Wildman–Crippen MR) is 68.3 cm³/mol. The van der Waals surface area contributed by atoms with Crippen molar-refractivity contribution in [2.75, 3.05) is 6.54 Å². The molecule has 0 fully saturated rings. The summed E-state index contributed by atoms with van der Waals surface area (Å²) >= 11 is 0. The number of nitrogens with zero attached hydrogens (tertiary/aromatic N) is 1. The maximum atomic E-state index is 11.4. The van der Waals surface area contributed by atoms with E-state index >= 15 is 0 Å². The Morgan fingerprint density at radius 3 is 2.79 bits per heavy atom. The van der Waals surface area contributed by atoms with Crippen LogP contribution in [0.2, 0.25) is 0 Å². The molecule has 0 atom stereocenters. The zero-order chi connectivity index (χ0) is 14.1. The average molecular weight is 261 g/mol. The number of carbonyl (C=O) groups is 2. The molecule has 0 unspecified atom stereocenters. The second-order valence-corrected chi connectivity index (χ2v) is 3.92. The van der Waals surface area contributed by atoms with Gasteiger partial charge in [-0.25, -0.2) is 4.79 Å². The highest BCUT2D eigenvalue weighted by molar-refractivity contribution is 5.73. The third-order valence-corrected chi connectivity index (χ3v) is 2.36. The van der Waals surface area contributed by atoms with Gasteiger partial charge in [-0.1, -0.05) is 12.1 Å². The quantitative estimate of drug-likeness (QED) is 0.670. The number of urea groups is 1. The summed E-state index contributed by atoms with van der Waals surface area (Å²) in [5.74, 6) is -0.879. The van der Waals surface area contributed by atoms with Gasteiger partial charge in [0.1, 0.15) is 0 Å². The van der Waals surface area contributed by atoms with E-state index in [0.29, 0.717) is 25.1 Å². The van der Waals surface area contributed by atoms with E-state index in [1.165, 1.54) is 0 Å². The van der Waals surface area contributed by atoms with E-state index < -0.39 is 5.97 Å². The molecular weight excluding hydrogens is 246 g/mol. The highest BCUT2D eigenvalue weighted by Crippen LogP contribution is 2.03. The molecular formula is C13H15N3O3. The molecule has 0 bridgehead atoms. The number of hydrogen-bond donors (Lipinski definition) is 3. The van der Waals surface area contributed by atoms with Gasteiger partial charge < -0.3 is 15.7 Å². The van der Waals surface area contributed by atoms with Crippen molar-refractivity contribution in [1.29, 1.82) is 5.26 Å². The van der Waals surface area contributed by atoms with E-state index in [9.17, 15) is 9.59 Å². The van der Waals surface area contributed by atoms with Crippen LogP contribution in [-0.2, 0) is 11.3 Å². The third kappa shape index (κ3) is 6.07. The molecule has 19 heavy (non-hydrogen) atoms. The molecule has 0 saturated carbocycles. The van der Waals surface area contributed by atoms with Crippen molar-refractivity contribution in [3.8, 4) is 6.07 Å².